The predicted octanol–water partition coefficient (Wildman–Crippen LogP) is 2.46. The van der Waals surface area contributed by atoms with Gasteiger partial charge in [-0.3, -0.25) is 4.79 Å². The molecule has 0 aromatic heterocycles. The zero-order valence-corrected chi connectivity index (χ0v) is 13.8. The molecule has 0 aliphatic carbocycles. The number of nitrogens with one attached hydrogen (secondary N) is 1. The first-order valence-electron chi connectivity index (χ1n) is 7.48. The van der Waals surface area contributed by atoms with Crippen molar-refractivity contribution in [1.29, 1.82) is 0 Å². The lowest BCUT2D eigenvalue weighted by atomic mass is 9.87. The van der Waals surface area contributed by atoms with E-state index in [0.717, 1.165) is 5.75 Å². The van der Waals surface area contributed by atoms with Crippen LogP contribution in [0.15, 0.2) is 24.3 Å². The van der Waals surface area contributed by atoms with Gasteiger partial charge in [-0.05, 0) is 30.0 Å². The zero-order valence-electron chi connectivity index (χ0n) is 13.8. The van der Waals surface area contributed by atoms with Crippen molar-refractivity contribution < 1.29 is 9.53 Å². The Morgan fingerprint density at radius 1 is 1.24 bits per heavy atom. The molecule has 2 unspecified atom stereocenters. The number of carbonyl (C=O) groups excluding carboxylic acids is 1. The van der Waals surface area contributed by atoms with Gasteiger partial charge in [-0.15, -0.1) is 0 Å². The molecule has 4 heteroatoms. The predicted molar refractivity (Wildman–Crippen MR) is 86.5 cm³/mol. The van der Waals surface area contributed by atoms with Crippen molar-refractivity contribution >= 4 is 5.91 Å². The van der Waals surface area contributed by atoms with Crippen molar-refractivity contribution in [2.75, 3.05) is 13.2 Å². The second-order valence-corrected chi connectivity index (χ2v) is 6.56. The summed E-state index contributed by atoms with van der Waals surface area (Å²) in [6, 6.07) is 7.94. The van der Waals surface area contributed by atoms with Gasteiger partial charge in [0.2, 0.25) is 5.91 Å². The Balaban J connectivity index is 2.35. The minimum absolute atomic E-state index is 0.0309. The average Bonchev–Trinajstić information content (AvgIpc) is 2.42. The van der Waals surface area contributed by atoms with Crippen LogP contribution in [0, 0.1) is 5.92 Å². The molecule has 0 saturated heterocycles. The van der Waals surface area contributed by atoms with Gasteiger partial charge in [0, 0.05) is 12.0 Å². The van der Waals surface area contributed by atoms with Crippen LogP contribution in [0.25, 0.3) is 0 Å². The topological polar surface area (TPSA) is 64.4 Å². The Bertz CT molecular complexity index is 447. The first-order valence-corrected chi connectivity index (χ1v) is 7.48. The minimum Gasteiger partial charge on any atom is -0.492 e. The highest BCUT2D eigenvalue weighted by atomic mass is 16.5. The number of nitrogens with two attached hydrogens (primary N) is 1. The molecule has 0 radical (unpaired) electrons. The van der Waals surface area contributed by atoms with Crippen LogP contribution in [0.5, 0.6) is 5.75 Å². The third-order valence-corrected chi connectivity index (χ3v) is 3.59. The van der Waals surface area contributed by atoms with E-state index in [1.165, 1.54) is 5.56 Å². The SMILES string of the molecule is CC(N)C(C)C(=O)NCCOc1ccc(C(C)(C)C)cc1. The van der Waals surface area contributed by atoms with Crippen LogP contribution < -0.4 is 15.8 Å². The molecule has 0 fully saturated rings. The summed E-state index contributed by atoms with van der Waals surface area (Å²) in [5, 5.41) is 2.83. The van der Waals surface area contributed by atoms with Crippen molar-refractivity contribution in [3.05, 3.63) is 29.8 Å². The molecular formula is C17H28N2O2. The molecule has 118 valence electrons. The molecule has 0 aliphatic rings. The fraction of sp³-hybridized carbons (Fsp3) is 0.588. The summed E-state index contributed by atoms with van der Waals surface area (Å²) < 4.78 is 5.62. The third-order valence-electron chi connectivity index (χ3n) is 3.59. The monoisotopic (exact) mass is 292 g/mol. The molecule has 0 bridgehead atoms. The second-order valence-electron chi connectivity index (χ2n) is 6.56. The highest BCUT2D eigenvalue weighted by Crippen LogP contribution is 2.24. The van der Waals surface area contributed by atoms with Crippen molar-refractivity contribution in [2.24, 2.45) is 11.7 Å². The summed E-state index contributed by atoms with van der Waals surface area (Å²) >= 11 is 0. The Morgan fingerprint density at radius 3 is 2.29 bits per heavy atom. The van der Waals surface area contributed by atoms with E-state index in [2.05, 4.69) is 38.2 Å². The van der Waals surface area contributed by atoms with Crippen molar-refractivity contribution in [2.45, 2.75) is 46.1 Å². The van der Waals surface area contributed by atoms with Gasteiger partial charge in [0.05, 0.1) is 6.54 Å². The van der Waals surface area contributed by atoms with Gasteiger partial charge >= 0.3 is 0 Å². The van der Waals surface area contributed by atoms with Crippen molar-refractivity contribution in [3.63, 3.8) is 0 Å². The highest BCUT2D eigenvalue weighted by molar-refractivity contribution is 5.78. The van der Waals surface area contributed by atoms with E-state index >= 15 is 0 Å². The fourth-order valence-corrected chi connectivity index (χ4v) is 1.79. The molecule has 21 heavy (non-hydrogen) atoms. The van der Waals surface area contributed by atoms with Crippen LogP contribution in [0.4, 0.5) is 0 Å². The number of hydrogen-bond donors (Lipinski definition) is 2. The normalized spacial score (nSPS) is 14.4. The van der Waals surface area contributed by atoms with Crippen LogP contribution in [-0.2, 0) is 10.2 Å². The summed E-state index contributed by atoms with van der Waals surface area (Å²) in [6.45, 7) is 11.1. The molecular weight excluding hydrogens is 264 g/mol. The number of hydrogen-bond acceptors (Lipinski definition) is 3. The number of ether oxygens (including phenoxy) is 1. The molecule has 0 heterocycles. The quantitative estimate of drug-likeness (QED) is 0.792. The smallest absolute Gasteiger partial charge is 0.224 e. The van der Waals surface area contributed by atoms with E-state index in [1.54, 1.807) is 0 Å². The van der Waals surface area contributed by atoms with Crippen molar-refractivity contribution in [1.82, 2.24) is 5.32 Å². The van der Waals surface area contributed by atoms with Gasteiger partial charge in [0.1, 0.15) is 12.4 Å². The largest absolute Gasteiger partial charge is 0.492 e. The summed E-state index contributed by atoms with van der Waals surface area (Å²) in [5.41, 5.74) is 7.10. The Hall–Kier alpha value is -1.55. The molecule has 0 aliphatic heterocycles. The van der Waals surface area contributed by atoms with E-state index < -0.39 is 0 Å². The molecule has 1 aromatic carbocycles. The Kier molecular flexibility index (Phi) is 6.21. The third kappa shape index (κ3) is 5.76. The summed E-state index contributed by atoms with van der Waals surface area (Å²) in [5.74, 6) is 0.602. The minimum atomic E-state index is -0.184. The maximum atomic E-state index is 11.7. The number of benzene rings is 1. The Morgan fingerprint density at radius 2 is 1.81 bits per heavy atom. The first-order chi connectivity index (χ1) is 9.71. The maximum Gasteiger partial charge on any atom is 0.224 e. The molecule has 1 aromatic rings. The molecule has 0 saturated carbocycles. The van der Waals surface area contributed by atoms with Gasteiger partial charge in [0.15, 0.2) is 0 Å². The van der Waals surface area contributed by atoms with Gasteiger partial charge in [-0.1, -0.05) is 39.8 Å². The maximum absolute atomic E-state index is 11.7. The van der Waals surface area contributed by atoms with Crippen LogP contribution in [-0.4, -0.2) is 25.1 Å². The second kappa shape index (κ2) is 7.46. The lowest BCUT2D eigenvalue weighted by Crippen LogP contribution is -2.40. The van der Waals surface area contributed by atoms with Gasteiger partial charge in [-0.2, -0.15) is 0 Å². The van der Waals surface area contributed by atoms with Crippen LogP contribution in [0.1, 0.15) is 40.2 Å². The zero-order chi connectivity index (χ0) is 16.0. The highest BCUT2D eigenvalue weighted by Gasteiger charge is 2.16. The van der Waals surface area contributed by atoms with E-state index in [1.807, 2.05) is 26.0 Å². The van der Waals surface area contributed by atoms with Gasteiger partial charge in [-0.25, -0.2) is 0 Å². The number of amides is 1. The van der Waals surface area contributed by atoms with E-state index in [-0.39, 0.29) is 23.3 Å². The number of rotatable bonds is 6. The molecule has 1 rings (SSSR count). The molecule has 2 atom stereocenters. The van der Waals surface area contributed by atoms with E-state index in [0.29, 0.717) is 13.2 Å². The van der Waals surface area contributed by atoms with Gasteiger partial charge in [0.25, 0.3) is 0 Å². The summed E-state index contributed by atoms with van der Waals surface area (Å²) in [6.07, 6.45) is 0. The Labute approximate surface area is 128 Å². The molecule has 0 spiro atoms. The van der Waals surface area contributed by atoms with Crippen molar-refractivity contribution in [3.8, 4) is 5.75 Å². The number of carbonyl (C=O) groups is 1. The molecule has 1 amide bonds. The average molecular weight is 292 g/mol. The lowest BCUT2D eigenvalue weighted by molar-refractivity contribution is -0.125. The summed E-state index contributed by atoms with van der Waals surface area (Å²) in [4.78, 5) is 11.7. The van der Waals surface area contributed by atoms with E-state index in [4.69, 9.17) is 10.5 Å². The standard InChI is InChI=1S/C17H28N2O2/c1-12(13(2)18)16(20)19-10-11-21-15-8-6-14(7-9-15)17(3,4)5/h6-9,12-13H,10-11,18H2,1-5H3,(H,19,20). The molecule has 4 nitrogen and oxygen atoms in total. The van der Waals surface area contributed by atoms with Crippen LogP contribution >= 0.6 is 0 Å². The fourth-order valence-electron chi connectivity index (χ4n) is 1.79. The van der Waals surface area contributed by atoms with Gasteiger partial charge < -0.3 is 15.8 Å². The summed E-state index contributed by atoms with van der Waals surface area (Å²) in [7, 11) is 0. The van der Waals surface area contributed by atoms with Crippen LogP contribution in [0.2, 0.25) is 0 Å². The van der Waals surface area contributed by atoms with Crippen LogP contribution in [0.3, 0.4) is 0 Å². The first kappa shape index (κ1) is 17.5. The molecule has 3 N–H and O–H groups in total. The van der Waals surface area contributed by atoms with E-state index in [9.17, 15) is 4.79 Å². The lowest BCUT2D eigenvalue weighted by Gasteiger charge is -2.19.